The molecular weight excluding hydrogens is 438 g/mol. The second kappa shape index (κ2) is 8.85. The SMILES string of the molecule is COc1cc2c(cc1N1C[C@@H](C)N[C@@H](C)C1)N(C(=O)Cc1cccc(C(F)(F)F)c1F)CC2. The van der Waals surface area contributed by atoms with Crippen LogP contribution in [0.4, 0.5) is 28.9 Å². The minimum Gasteiger partial charge on any atom is -0.495 e. The van der Waals surface area contributed by atoms with Crippen molar-refractivity contribution < 1.29 is 27.1 Å². The normalized spacial score (nSPS) is 20.7. The maximum Gasteiger partial charge on any atom is 0.419 e. The number of halogens is 4. The predicted molar refractivity (Wildman–Crippen MR) is 118 cm³/mol. The van der Waals surface area contributed by atoms with Crippen molar-refractivity contribution in [1.29, 1.82) is 0 Å². The van der Waals surface area contributed by atoms with Gasteiger partial charge in [0, 0.05) is 37.4 Å². The number of methoxy groups -OCH3 is 1. The van der Waals surface area contributed by atoms with Crippen molar-refractivity contribution in [3.05, 3.63) is 52.8 Å². The van der Waals surface area contributed by atoms with E-state index in [1.54, 1.807) is 7.11 Å². The number of nitrogens with zero attached hydrogens (tertiary/aromatic N) is 2. The van der Waals surface area contributed by atoms with Crippen molar-refractivity contribution in [2.75, 3.05) is 36.5 Å². The molecule has 1 saturated heterocycles. The number of benzene rings is 2. The minimum atomic E-state index is -4.81. The molecular formula is C24H27F4N3O2. The molecule has 178 valence electrons. The predicted octanol–water partition coefficient (Wildman–Crippen LogP) is 4.17. The Hall–Kier alpha value is -2.81. The molecule has 1 amide bonds. The average Bonchev–Trinajstić information content (AvgIpc) is 3.15. The first-order chi connectivity index (χ1) is 15.6. The second-order valence-electron chi connectivity index (χ2n) is 8.78. The van der Waals surface area contributed by atoms with E-state index in [2.05, 4.69) is 24.1 Å². The standard InChI is InChI=1S/C24H27F4N3O2/c1-14-12-30(13-15(2)29-14)20-11-19-16(9-21(20)33-3)7-8-31(19)22(32)10-17-5-4-6-18(23(17)25)24(26,27)28/h4-6,9,11,14-15,29H,7-8,10,12-13H2,1-3H3/t14-,15+. The van der Waals surface area contributed by atoms with Crippen molar-refractivity contribution in [2.24, 2.45) is 0 Å². The van der Waals surface area contributed by atoms with Crippen LogP contribution in [0.1, 0.15) is 30.5 Å². The van der Waals surface area contributed by atoms with E-state index in [0.29, 0.717) is 30.5 Å². The van der Waals surface area contributed by atoms with E-state index in [1.165, 1.54) is 11.0 Å². The molecule has 2 aromatic rings. The van der Waals surface area contributed by atoms with Crippen molar-refractivity contribution in [3.8, 4) is 5.75 Å². The molecule has 1 fully saturated rings. The second-order valence-corrected chi connectivity index (χ2v) is 8.78. The molecule has 0 unspecified atom stereocenters. The lowest BCUT2D eigenvalue weighted by Crippen LogP contribution is -2.54. The molecule has 0 radical (unpaired) electrons. The zero-order chi connectivity index (χ0) is 23.9. The van der Waals surface area contributed by atoms with E-state index >= 15 is 0 Å². The summed E-state index contributed by atoms with van der Waals surface area (Å²) in [7, 11) is 1.61. The third-order valence-corrected chi connectivity index (χ3v) is 6.20. The highest BCUT2D eigenvalue weighted by atomic mass is 19.4. The van der Waals surface area contributed by atoms with Crippen LogP contribution in [0.5, 0.6) is 5.75 Å². The van der Waals surface area contributed by atoms with Crippen LogP contribution in [0.2, 0.25) is 0 Å². The van der Waals surface area contributed by atoms with Gasteiger partial charge in [-0.2, -0.15) is 13.2 Å². The highest BCUT2D eigenvalue weighted by molar-refractivity contribution is 5.97. The molecule has 0 aromatic heterocycles. The summed E-state index contributed by atoms with van der Waals surface area (Å²) in [5.74, 6) is -1.12. The number of amides is 1. The van der Waals surface area contributed by atoms with Crippen molar-refractivity contribution in [1.82, 2.24) is 5.32 Å². The molecule has 2 aromatic carbocycles. The fourth-order valence-electron chi connectivity index (χ4n) is 4.79. The molecule has 2 aliphatic rings. The first-order valence-electron chi connectivity index (χ1n) is 10.9. The number of nitrogens with one attached hydrogen (secondary N) is 1. The summed E-state index contributed by atoms with van der Waals surface area (Å²) in [4.78, 5) is 16.8. The Bertz CT molecular complexity index is 1050. The Morgan fingerprint density at radius 3 is 2.48 bits per heavy atom. The van der Waals surface area contributed by atoms with Crippen molar-refractivity contribution in [3.63, 3.8) is 0 Å². The van der Waals surface area contributed by atoms with Crippen LogP contribution in [0.25, 0.3) is 0 Å². The van der Waals surface area contributed by atoms with Gasteiger partial charge in [-0.15, -0.1) is 0 Å². The van der Waals surface area contributed by atoms with Gasteiger partial charge in [-0.1, -0.05) is 12.1 Å². The highest BCUT2D eigenvalue weighted by Crippen LogP contribution is 2.40. The molecule has 0 bridgehead atoms. The molecule has 2 aliphatic heterocycles. The summed E-state index contributed by atoms with van der Waals surface area (Å²) in [5, 5.41) is 3.48. The number of piperazine rings is 1. The molecule has 33 heavy (non-hydrogen) atoms. The first-order valence-corrected chi connectivity index (χ1v) is 10.9. The van der Waals surface area contributed by atoms with Crippen LogP contribution >= 0.6 is 0 Å². The van der Waals surface area contributed by atoms with Crippen LogP contribution in [-0.2, 0) is 23.8 Å². The average molecular weight is 465 g/mol. The van der Waals surface area contributed by atoms with Crippen molar-refractivity contribution in [2.45, 2.75) is 44.9 Å². The molecule has 0 saturated carbocycles. The lowest BCUT2D eigenvalue weighted by atomic mass is 10.1. The Balaban J connectivity index is 1.62. The number of ether oxygens (including phenoxy) is 1. The Morgan fingerprint density at radius 2 is 1.85 bits per heavy atom. The molecule has 1 N–H and O–H groups in total. The molecule has 2 atom stereocenters. The van der Waals surface area contributed by atoms with Gasteiger partial charge in [0.15, 0.2) is 0 Å². The zero-order valence-corrected chi connectivity index (χ0v) is 18.8. The van der Waals surface area contributed by atoms with E-state index in [1.807, 2.05) is 12.1 Å². The lowest BCUT2D eigenvalue weighted by Gasteiger charge is -2.38. The van der Waals surface area contributed by atoms with Gasteiger partial charge in [0.2, 0.25) is 5.91 Å². The summed E-state index contributed by atoms with van der Waals surface area (Å²) in [5.41, 5.74) is 0.860. The van der Waals surface area contributed by atoms with Crippen LogP contribution < -0.4 is 19.9 Å². The number of hydrogen-bond donors (Lipinski definition) is 1. The molecule has 5 nitrogen and oxygen atoms in total. The Labute approximate surface area is 190 Å². The third kappa shape index (κ3) is 4.64. The maximum absolute atomic E-state index is 14.5. The minimum absolute atomic E-state index is 0.262. The largest absolute Gasteiger partial charge is 0.495 e. The first kappa shape index (κ1) is 23.4. The summed E-state index contributed by atoms with van der Waals surface area (Å²) in [6, 6.07) is 7.40. The molecule has 0 spiro atoms. The van der Waals surface area contributed by atoms with Crippen LogP contribution in [0.3, 0.4) is 0 Å². The summed E-state index contributed by atoms with van der Waals surface area (Å²) < 4.78 is 59.3. The smallest absolute Gasteiger partial charge is 0.419 e. The van der Waals surface area contributed by atoms with Crippen molar-refractivity contribution >= 4 is 17.3 Å². The van der Waals surface area contributed by atoms with Crippen LogP contribution in [0, 0.1) is 5.82 Å². The number of carbonyl (C=O) groups is 1. The number of anilines is 2. The van der Waals surface area contributed by atoms with Gasteiger partial charge in [-0.25, -0.2) is 4.39 Å². The third-order valence-electron chi connectivity index (χ3n) is 6.20. The molecule has 2 heterocycles. The van der Waals surface area contributed by atoms with E-state index in [-0.39, 0.29) is 17.6 Å². The van der Waals surface area contributed by atoms with Gasteiger partial charge >= 0.3 is 6.18 Å². The van der Waals surface area contributed by atoms with Gasteiger partial charge in [0.25, 0.3) is 0 Å². The topological polar surface area (TPSA) is 44.8 Å². The fourth-order valence-corrected chi connectivity index (χ4v) is 4.79. The quantitative estimate of drug-likeness (QED) is 0.689. The fraction of sp³-hybridized carbons (Fsp3) is 0.458. The van der Waals surface area contributed by atoms with Gasteiger partial charge < -0.3 is 19.9 Å². The monoisotopic (exact) mass is 465 g/mol. The van der Waals surface area contributed by atoms with Gasteiger partial charge in [0.1, 0.15) is 11.6 Å². The number of rotatable bonds is 4. The molecule has 4 rings (SSSR count). The zero-order valence-electron chi connectivity index (χ0n) is 18.8. The summed E-state index contributed by atoms with van der Waals surface area (Å²) in [6.07, 6.45) is -4.66. The van der Waals surface area contributed by atoms with Gasteiger partial charge in [-0.3, -0.25) is 4.79 Å². The van der Waals surface area contributed by atoms with E-state index in [4.69, 9.17) is 4.74 Å². The van der Waals surface area contributed by atoms with Crippen LogP contribution in [-0.4, -0.2) is 44.7 Å². The number of carbonyl (C=O) groups excluding carboxylic acids is 1. The van der Waals surface area contributed by atoms with Crippen LogP contribution in [0.15, 0.2) is 30.3 Å². The Morgan fingerprint density at radius 1 is 1.15 bits per heavy atom. The molecule has 9 heteroatoms. The summed E-state index contributed by atoms with van der Waals surface area (Å²) >= 11 is 0. The Kier molecular flexibility index (Phi) is 6.26. The van der Waals surface area contributed by atoms with Gasteiger partial charge in [0.05, 0.1) is 24.8 Å². The van der Waals surface area contributed by atoms with E-state index in [9.17, 15) is 22.4 Å². The number of alkyl halides is 3. The number of fused-ring (bicyclic) bond motifs is 1. The summed E-state index contributed by atoms with van der Waals surface area (Å²) in [6.45, 7) is 6.12. The maximum atomic E-state index is 14.5. The molecule has 0 aliphatic carbocycles. The lowest BCUT2D eigenvalue weighted by molar-refractivity contribution is -0.140. The number of hydrogen-bond acceptors (Lipinski definition) is 4. The van der Waals surface area contributed by atoms with E-state index < -0.39 is 29.9 Å². The highest BCUT2D eigenvalue weighted by Gasteiger charge is 2.36. The van der Waals surface area contributed by atoms with E-state index in [0.717, 1.165) is 30.4 Å². The van der Waals surface area contributed by atoms with Gasteiger partial charge in [-0.05, 0) is 49.6 Å².